The molecule has 2 atom stereocenters. The number of amides is 1. The normalized spacial score (nSPS) is 14.6. The number of carbonyl (C=O) groups is 2. The predicted molar refractivity (Wildman–Crippen MR) is 70.9 cm³/mol. The number of carbonyl (C=O) groups excluding carboxylic acids is 1. The van der Waals surface area contributed by atoms with Crippen LogP contribution in [0.15, 0.2) is 0 Å². The van der Waals surface area contributed by atoms with Crippen LogP contribution < -0.4 is 5.32 Å². The number of carboxylic acids is 1. The van der Waals surface area contributed by atoms with Crippen LogP contribution in [-0.4, -0.2) is 40.0 Å². The molecule has 0 saturated carbocycles. The van der Waals surface area contributed by atoms with Crippen LogP contribution in [0.1, 0.15) is 53.4 Å². The van der Waals surface area contributed by atoms with E-state index in [0.29, 0.717) is 6.42 Å². The van der Waals surface area contributed by atoms with Gasteiger partial charge in [-0.25, -0.2) is 4.79 Å². The Bertz CT molecular complexity index is 298. The Morgan fingerprint density at radius 3 is 2.32 bits per heavy atom. The van der Waals surface area contributed by atoms with Gasteiger partial charge in [-0.05, 0) is 27.2 Å². The van der Waals surface area contributed by atoms with Crippen LogP contribution >= 0.6 is 0 Å². The van der Waals surface area contributed by atoms with E-state index in [1.165, 1.54) is 0 Å². The van der Waals surface area contributed by atoms with Gasteiger partial charge in [0.05, 0.1) is 18.6 Å². The van der Waals surface area contributed by atoms with E-state index in [1.807, 2.05) is 6.92 Å². The molecular weight excluding hydrogens is 250 g/mol. The maximum Gasteiger partial charge on any atom is 0.407 e. The van der Waals surface area contributed by atoms with Crippen LogP contribution in [0.5, 0.6) is 0 Å². The molecule has 0 aliphatic carbocycles. The second-order valence-electron chi connectivity index (χ2n) is 5.56. The molecule has 0 aliphatic heterocycles. The molecule has 0 heterocycles. The summed E-state index contributed by atoms with van der Waals surface area (Å²) < 4.78 is 5.09. The van der Waals surface area contributed by atoms with Gasteiger partial charge in [0, 0.05) is 0 Å². The second-order valence-corrected chi connectivity index (χ2v) is 5.56. The molecule has 0 spiro atoms. The summed E-state index contributed by atoms with van der Waals surface area (Å²) in [6.45, 7) is 7.19. The van der Waals surface area contributed by atoms with E-state index in [-0.39, 0.29) is 0 Å². The molecule has 0 aromatic rings. The molecule has 112 valence electrons. The maximum absolute atomic E-state index is 11.6. The standard InChI is InChI=1S/C13H25NO5/c1-5-6-7-9(10(15)8-11(16)17)14-12(18)19-13(2,3)4/h9-10,15H,5-8H2,1-4H3,(H,14,18)(H,16,17)/t9-,10-/m1/s1. The van der Waals surface area contributed by atoms with Gasteiger partial charge in [0.15, 0.2) is 0 Å². The van der Waals surface area contributed by atoms with Gasteiger partial charge >= 0.3 is 12.1 Å². The number of hydrogen-bond acceptors (Lipinski definition) is 4. The number of carboxylic acid groups (broad SMARTS) is 1. The Hall–Kier alpha value is -1.30. The molecule has 6 heteroatoms. The number of rotatable bonds is 7. The van der Waals surface area contributed by atoms with Crippen molar-refractivity contribution in [3.8, 4) is 0 Å². The van der Waals surface area contributed by atoms with Gasteiger partial charge in [0.1, 0.15) is 5.60 Å². The number of alkyl carbamates (subject to hydrolysis) is 1. The maximum atomic E-state index is 11.6. The molecular formula is C13H25NO5. The van der Waals surface area contributed by atoms with Crippen molar-refractivity contribution < 1.29 is 24.5 Å². The fourth-order valence-electron chi connectivity index (χ4n) is 1.56. The van der Waals surface area contributed by atoms with E-state index < -0.39 is 36.2 Å². The molecule has 0 bridgehead atoms. The summed E-state index contributed by atoms with van der Waals surface area (Å²) in [7, 11) is 0. The van der Waals surface area contributed by atoms with Crippen LogP contribution in [0.3, 0.4) is 0 Å². The van der Waals surface area contributed by atoms with Crippen LogP contribution in [0.2, 0.25) is 0 Å². The average molecular weight is 275 g/mol. The van der Waals surface area contributed by atoms with E-state index in [0.717, 1.165) is 12.8 Å². The molecule has 0 rings (SSSR count). The molecule has 19 heavy (non-hydrogen) atoms. The van der Waals surface area contributed by atoms with E-state index in [2.05, 4.69) is 5.32 Å². The lowest BCUT2D eigenvalue weighted by molar-refractivity contribution is -0.139. The molecule has 0 aromatic heterocycles. The summed E-state index contributed by atoms with van der Waals surface area (Å²) in [4.78, 5) is 22.2. The van der Waals surface area contributed by atoms with Crippen molar-refractivity contribution in [2.45, 2.75) is 71.1 Å². The number of unbranched alkanes of at least 4 members (excludes halogenated alkanes) is 1. The minimum atomic E-state index is -1.11. The van der Waals surface area contributed by atoms with Crippen molar-refractivity contribution in [3.63, 3.8) is 0 Å². The molecule has 0 fully saturated rings. The number of ether oxygens (including phenoxy) is 1. The summed E-state index contributed by atoms with van der Waals surface area (Å²) in [6.07, 6.45) is 0.0484. The van der Waals surface area contributed by atoms with E-state index in [1.54, 1.807) is 20.8 Å². The highest BCUT2D eigenvalue weighted by molar-refractivity contribution is 5.69. The lowest BCUT2D eigenvalue weighted by Crippen LogP contribution is -2.46. The number of aliphatic hydroxyl groups is 1. The van der Waals surface area contributed by atoms with Crippen LogP contribution in [0, 0.1) is 0 Å². The lowest BCUT2D eigenvalue weighted by atomic mass is 10.0. The quantitative estimate of drug-likeness (QED) is 0.659. The van der Waals surface area contributed by atoms with Crippen LogP contribution in [0.25, 0.3) is 0 Å². The highest BCUT2D eigenvalue weighted by Crippen LogP contribution is 2.11. The van der Waals surface area contributed by atoms with Crippen molar-refractivity contribution in [1.82, 2.24) is 5.32 Å². The van der Waals surface area contributed by atoms with Gasteiger partial charge in [-0.3, -0.25) is 4.79 Å². The van der Waals surface area contributed by atoms with Crippen molar-refractivity contribution in [3.05, 3.63) is 0 Å². The first kappa shape index (κ1) is 17.7. The first-order valence-corrected chi connectivity index (χ1v) is 6.55. The van der Waals surface area contributed by atoms with Gasteiger partial charge in [-0.15, -0.1) is 0 Å². The van der Waals surface area contributed by atoms with E-state index >= 15 is 0 Å². The van der Waals surface area contributed by atoms with Crippen molar-refractivity contribution >= 4 is 12.1 Å². The largest absolute Gasteiger partial charge is 0.481 e. The third kappa shape index (κ3) is 9.30. The Kier molecular flexibility index (Phi) is 7.44. The summed E-state index contributed by atoms with van der Waals surface area (Å²) >= 11 is 0. The highest BCUT2D eigenvalue weighted by Gasteiger charge is 2.25. The number of aliphatic hydroxyl groups excluding tert-OH is 1. The summed E-state index contributed by atoms with van der Waals surface area (Å²) in [5, 5.41) is 21.0. The fraction of sp³-hybridized carbons (Fsp3) is 0.846. The first-order chi connectivity index (χ1) is 8.65. The van der Waals surface area contributed by atoms with Gasteiger partial charge < -0.3 is 20.3 Å². The predicted octanol–water partition coefficient (Wildman–Crippen LogP) is 1.91. The number of nitrogens with one attached hydrogen (secondary N) is 1. The molecule has 0 aromatic carbocycles. The van der Waals surface area contributed by atoms with Crippen LogP contribution in [0.4, 0.5) is 4.79 Å². The zero-order chi connectivity index (χ0) is 15.1. The van der Waals surface area contributed by atoms with Crippen molar-refractivity contribution in [2.24, 2.45) is 0 Å². The van der Waals surface area contributed by atoms with E-state index in [4.69, 9.17) is 9.84 Å². The number of hydrogen-bond donors (Lipinski definition) is 3. The van der Waals surface area contributed by atoms with Crippen LogP contribution in [-0.2, 0) is 9.53 Å². The summed E-state index contributed by atoms with van der Waals surface area (Å²) in [6, 6.07) is -0.606. The Morgan fingerprint density at radius 2 is 1.89 bits per heavy atom. The van der Waals surface area contributed by atoms with Gasteiger partial charge in [0.25, 0.3) is 0 Å². The van der Waals surface area contributed by atoms with E-state index in [9.17, 15) is 14.7 Å². The zero-order valence-corrected chi connectivity index (χ0v) is 12.1. The molecule has 0 unspecified atom stereocenters. The second kappa shape index (κ2) is 7.99. The topological polar surface area (TPSA) is 95.9 Å². The molecule has 0 saturated heterocycles. The first-order valence-electron chi connectivity index (χ1n) is 6.55. The minimum Gasteiger partial charge on any atom is -0.481 e. The molecule has 3 N–H and O–H groups in total. The Morgan fingerprint density at radius 1 is 1.32 bits per heavy atom. The molecule has 0 radical (unpaired) electrons. The van der Waals surface area contributed by atoms with Gasteiger partial charge in [-0.2, -0.15) is 0 Å². The number of aliphatic carboxylic acids is 1. The van der Waals surface area contributed by atoms with Gasteiger partial charge in [0.2, 0.25) is 0 Å². The third-order valence-electron chi connectivity index (χ3n) is 2.42. The third-order valence-corrected chi connectivity index (χ3v) is 2.42. The fourth-order valence-corrected chi connectivity index (χ4v) is 1.56. The Balaban J connectivity index is 4.49. The average Bonchev–Trinajstić information content (AvgIpc) is 2.20. The lowest BCUT2D eigenvalue weighted by Gasteiger charge is -2.26. The van der Waals surface area contributed by atoms with Gasteiger partial charge in [-0.1, -0.05) is 19.8 Å². The Labute approximate surface area is 114 Å². The highest BCUT2D eigenvalue weighted by atomic mass is 16.6. The smallest absolute Gasteiger partial charge is 0.407 e. The summed E-state index contributed by atoms with van der Waals surface area (Å²) in [5.74, 6) is -1.10. The monoisotopic (exact) mass is 275 g/mol. The molecule has 1 amide bonds. The van der Waals surface area contributed by atoms with Crippen molar-refractivity contribution in [2.75, 3.05) is 0 Å². The van der Waals surface area contributed by atoms with Crippen molar-refractivity contribution in [1.29, 1.82) is 0 Å². The summed E-state index contributed by atoms with van der Waals surface area (Å²) in [5.41, 5.74) is -0.628. The molecule has 6 nitrogen and oxygen atoms in total. The SMILES string of the molecule is CCCC[C@@H](NC(=O)OC(C)(C)C)[C@H](O)CC(=O)O. The zero-order valence-electron chi connectivity index (χ0n) is 12.1. The minimum absolute atomic E-state index is 0.399. The molecule has 0 aliphatic rings.